The number of non-ortho nitro benzene ring substituents is 1. The molecule has 32 heavy (non-hydrogen) atoms. The van der Waals surface area contributed by atoms with Crippen molar-refractivity contribution in [1.82, 2.24) is 14.9 Å². The Hall–Kier alpha value is -3.95. The van der Waals surface area contributed by atoms with Crippen molar-refractivity contribution in [2.45, 2.75) is 31.3 Å². The summed E-state index contributed by atoms with van der Waals surface area (Å²) in [6.45, 7) is 2.29. The van der Waals surface area contributed by atoms with E-state index in [-0.39, 0.29) is 17.4 Å². The highest BCUT2D eigenvalue weighted by Gasteiger charge is 2.50. The van der Waals surface area contributed by atoms with E-state index < -0.39 is 22.3 Å². The minimum Gasteiger partial charge on any atom is -0.465 e. The normalized spacial score (nSPS) is 22.7. The summed E-state index contributed by atoms with van der Waals surface area (Å²) in [5.41, 5.74) is 0.0948. The molecule has 2 aromatic carbocycles. The van der Waals surface area contributed by atoms with Gasteiger partial charge in [0.25, 0.3) is 23.1 Å². The van der Waals surface area contributed by atoms with Gasteiger partial charge in [0.05, 0.1) is 27.7 Å². The molecule has 0 saturated carbocycles. The number of nitro benzene ring substituents is 1. The van der Waals surface area contributed by atoms with Crippen molar-refractivity contribution in [3.63, 3.8) is 0 Å². The number of likely N-dealkylation sites (tertiary alicyclic amines) is 1. The molecular formula is C22H21N5O5. The van der Waals surface area contributed by atoms with Crippen LogP contribution < -0.4 is 10.1 Å². The van der Waals surface area contributed by atoms with Gasteiger partial charge in [0.2, 0.25) is 0 Å². The van der Waals surface area contributed by atoms with Crippen LogP contribution in [0.3, 0.4) is 0 Å². The van der Waals surface area contributed by atoms with Crippen molar-refractivity contribution in [3.05, 3.63) is 58.4 Å². The fourth-order valence-corrected chi connectivity index (χ4v) is 4.31. The molecule has 0 aliphatic carbocycles. The van der Waals surface area contributed by atoms with Crippen LogP contribution in [0.4, 0.5) is 11.4 Å². The van der Waals surface area contributed by atoms with Crippen molar-refractivity contribution < 1.29 is 19.2 Å². The van der Waals surface area contributed by atoms with Gasteiger partial charge in [-0.15, -0.1) is 0 Å². The predicted octanol–water partition coefficient (Wildman–Crippen LogP) is 2.97. The Kier molecular flexibility index (Phi) is 4.58. The van der Waals surface area contributed by atoms with Crippen molar-refractivity contribution in [2.24, 2.45) is 0 Å². The molecule has 2 unspecified atom stereocenters. The molecular weight excluding hydrogens is 414 g/mol. The molecule has 2 atom stereocenters. The maximum Gasteiger partial charge on any atom is 0.278 e. The van der Waals surface area contributed by atoms with Gasteiger partial charge in [-0.2, -0.15) is 0 Å². The molecule has 0 spiro atoms. The van der Waals surface area contributed by atoms with Crippen LogP contribution in [-0.4, -0.2) is 50.3 Å². The minimum atomic E-state index is -1.82. The number of amides is 2. The van der Waals surface area contributed by atoms with Gasteiger partial charge in [0.15, 0.2) is 5.75 Å². The van der Waals surface area contributed by atoms with Crippen LogP contribution in [0, 0.1) is 10.1 Å². The zero-order chi connectivity index (χ0) is 22.5. The number of hydrogen-bond acceptors (Lipinski definition) is 6. The molecule has 2 N–H and O–H groups in total. The van der Waals surface area contributed by atoms with Crippen LogP contribution in [0.1, 0.15) is 31.5 Å². The maximum absolute atomic E-state index is 13.4. The Morgan fingerprint density at radius 2 is 2.12 bits per heavy atom. The molecule has 2 aliphatic rings. The second-order valence-electron chi connectivity index (χ2n) is 8.26. The van der Waals surface area contributed by atoms with Crippen molar-refractivity contribution in [3.8, 4) is 5.75 Å². The second kappa shape index (κ2) is 7.33. The Morgan fingerprint density at radius 3 is 2.91 bits per heavy atom. The fourth-order valence-electron chi connectivity index (χ4n) is 4.31. The lowest BCUT2D eigenvalue weighted by Gasteiger charge is -2.39. The molecule has 0 bridgehead atoms. The van der Waals surface area contributed by atoms with Gasteiger partial charge in [0, 0.05) is 25.1 Å². The summed E-state index contributed by atoms with van der Waals surface area (Å²) in [6.07, 6.45) is 1.62. The topological polar surface area (TPSA) is 130 Å². The molecule has 2 aliphatic heterocycles. The summed E-state index contributed by atoms with van der Waals surface area (Å²) < 4.78 is 5.80. The molecule has 10 heteroatoms. The van der Waals surface area contributed by atoms with Crippen LogP contribution in [0.5, 0.6) is 5.75 Å². The number of para-hydroxylation sites is 2. The Morgan fingerprint density at radius 1 is 1.31 bits per heavy atom. The molecule has 164 valence electrons. The van der Waals surface area contributed by atoms with Crippen LogP contribution in [0.15, 0.2) is 42.5 Å². The zero-order valence-electron chi connectivity index (χ0n) is 17.3. The first-order valence-electron chi connectivity index (χ1n) is 10.4. The first-order chi connectivity index (χ1) is 15.3. The van der Waals surface area contributed by atoms with Crippen molar-refractivity contribution >= 4 is 34.2 Å². The largest absolute Gasteiger partial charge is 0.465 e. The summed E-state index contributed by atoms with van der Waals surface area (Å²) in [7, 11) is 0. The van der Waals surface area contributed by atoms with Crippen molar-refractivity contribution in [1.29, 1.82) is 0 Å². The Balaban J connectivity index is 1.39. The van der Waals surface area contributed by atoms with E-state index in [0.29, 0.717) is 18.8 Å². The lowest BCUT2D eigenvalue weighted by molar-refractivity contribution is -0.385. The molecule has 5 rings (SSSR count). The highest BCUT2D eigenvalue weighted by Crippen LogP contribution is 2.38. The standard InChI is InChI=1S/C22H21N5O5/c1-22(20(28)25-17-9-8-14(27(30)31)11-18(17)32-22)21(29)26-10-4-5-13(12-26)19-23-15-6-2-3-7-16(15)24-19/h2-3,6-9,11,13H,4-5,10,12H2,1H3,(H,23,24)(H,25,28). The quantitative estimate of drug-likeness (QED) is 0.369. The molecule has 10 nitrogen and oxygen atoms in total. The monoisotopic (exact) mass is 435 g/mol. The fraction of sp³-hybridized carbons (Fsp3) is 0.318. The van der Waals surface area contributed by atoms with E-state index >= 15 is 0 Å². The van der Waals surface area contributed by atoms with Crippen molar-refractivity contribution in [2.75, 3.05) is 18.4 Å². The molecule has 3 aromatic rings. The number of hydrogen-bond donors (Lipinski definition) is 2. The number of aromatic amines is 1. The first-order valence-corrected chi connectivity index (χ1v) is 10.4. The first kappa shape index (κ1) is 20.0. The molecule has 3 heterocycles. The molecule has 0 radical (unpaired) electrons. The minimum absolute atomic E-state index is 0.00345. The van der Waals surface area contributed by atoms with E-state index in [2.05, 4.69) is 15.3 Å². The van der Waals surface area contributed by atoms with Crippen LogP contribution in [0.2, 0.25) is 0 Å². The van der Waals surface area contributed by atoms with Gasteiger partial charge >= 0.3 is 0 Å². The number of aromatic nitrogens is 2. The van der Waals surface area contributed by atoms with Gasteiger partial charge in [-0.05, 0) is 38.0 Å². The maximum atomic E-state index is 13.4. The SMILES string of the molecule is CC1(C(=O)N2CCCC(c3nc4ccccc4[nH]3)C2)Oc2cc([N+](=O)[O-])ccc2NC1=O. The van der Waals surface area contributed by atoms with E-state index in [1.807, 2.05) is 24.3 Å². The van der Waals surface area contributed by atoms with Gasteiger partial charge < -0.3 is 19.9 Å². The average Bonchev–Trinajstić information content (AvgIpc) is 3.23. The number of piperidine rings is 1. The van der Waals surface area contributed by atoms with E-state index in [9.17, 15) is 19.7 Å². The Bertz CT molecular complexity index is 1220. The van der Waals surface area contributed by atoms with Gasteiger partial charge in [-0.1, -0.05) is 12.1 Å². The third kappa shape index (κ3) is 3.24. The Labute approximate surface area is 182 Å². The molecule has 1 fully saturated rings. The number of ether oxygens (including phenoxy) is 1. The molecule has 2 amide bonds. The summed E-state index contributed by atoms with van der Waals surface area (Å²) in [4.78, 5) is 46.4. The summed E-state index contributed by atoms with van der Waals surface area (Å²) >= 11 is 0. The van der Waals surface area contributed by atoms with Crippen LogP contribution >= 0.6 is 0 Å². The number of carbonyl (C=O) groups excluding carboxylic acids is 2. The van der Waals surface area contributed by atoms with Crippen LogP contribution in [0.25, 0.3) is 11.0 Å². The van der Waals surface area contributed by atoms with Crippen LogP contribution in [-0.2, 0) is 9.59 Å². The highest BCUT2D eigenvalue weighted by molar-refractivity contribution is 6.15. The number of carbonyl (C=O) groups is 2. The third-order valence-electron chi connectivity index (χ3n) is 6.08. The van der Waals surface area contributed by atoms with E-state index in [1.54, 1.807) is 4.90 Å². The molecule has 1 saturated heterocycles. The number of nitro groups is 1. The molecule has 1 aromatic heterocycles. The van der Waals surface area contributed by atoms with Gasteiger partial charge in [-0.25, -0.2) is 4.98 Å². The number of benzene rings is 2. The number of fused-ring (bicyclic) bond motifs is 2. The number of H-pyrrole nitrogens is 1. The summed E-state index contributed by atoms with van der Waals surface area (Å²) in [5, 5.41) is 13.8. The van der Waals surface area contributed by atoms with E-state index in [1.165, 1.54) is 25.1 Å². The number of rotatable bonds is 3. The summed E-state index contributed by atoms with van der Waals surface area (Å²) in [6, 6.07) is 11.6. The van der Waals surface area contributed by atoms with E-state index in [4.69, 9.17) is 4.74 Å². The number of imidazole rings is 1. The lowest BCUT2D eigenvalue weighted by Crippen LogP contribution is -2.60. The number of anilines is 1. The predicted molar refractivity (Wildman–Crippen MR) is 115 cm³/mol. The smallest absolute Gasteiger partial charge is 0.278 e. The lowest BCUT2D eigenvalue weighted by atomic mass is 9.94. The zero-order valence-corrected chi connectivity index (χ0v) is 17.3. The number of nitrogens with zero attached hydrogens (tertiary/aromatic N) is 3. The number of nitrogens with one attached hydrogen (secondary N) is 2. The van der Waals surface area contributed by atoms with Gasteiger partial charge in [0.1, 0.15) is 5.82 Å². The van der Waals surface area contributed by atoms with Gasteiger partial charge in [-0.3, -0.25) is 19.7 Å². The third-order valence-corrected chi connectivity index (χ3v) is 6.08. The van der Waals surface area contributed by atoms with E-state index in [0.717, 1.165) is 29.7 Å². The highest BCUT2D eigenvalue weighted by atomic mass is 16.6. The summed E-state index contributed by atoms with van der Waals surface area (Å²) in [5.74, 6) is -0.171. The second-order valence-corrected chi connectivity index (χ2v) is 8.26. The average molecular weight is 435 g/mol.